The summed E-state index contributed by atoms with van der Waals surface area (Å²) in [5, 5.41) is 9.16. The van der Waals surface area contributed by atoms with Crippen molar-refractivity contribution in [3.63, 3.8) is 0 Å². The second kappa shape index (κ2) is 3.14. The first kappa shape index (κ1) is 10.8. The highest BCUT2D eigenvalue weighted by molar-refractivity contribution is 5.76. The van der Waals surface area contributed by atoms with Crippen LogP contribution in [0.15, 0.2) is 0 Å². The van der Waals surface area contributed by atoms with E-state index in [4.69, 9.17) is 9.84 Å². The van der Waals surface area contributed by atoms with Crippen LogP contribution in [0.4, 0.5) is 8.78 Å². The molecule has 0 aromatic carbocycles. The van der Waals surface area contributed by atoms with Gasteiger partial charge in [0, 0.05) is 18.9 Å². The number of halogens is 2. The van der Waals surface area contributed by atoms with Crippen molar-refractivity contribution in [3.05, 3.63) is 0 Å². The molecule has 1 aliphatic carbocycles. The monoisotopic (exact) mass is 220 g/mol. The van der Waals surface area contributed by atoms with Gasteiger partial charge in [-0.1, -0.05) is 0 Å². The van der Waals surface area contributed by atoms with Gasteiger partial charge < -0.3 is 9.84 Å². The van der Waals surface area contributed by atoms with Gasteiger partial charge in [-0.2, -0.15) is 0 Å². The van der Waals surface area contributed by atoms with E-state index in [0.29, 0.717) is 13.0 Å². The molecule has 86 valence electrons. The topological polar surface area (TPSA) is 46.5 Å². The Bertz CT molecular complexity index is 292. The lowest BCUT2D eigenvalue weighted by Crippen LogP contribution is -2.38. The summed E-state index contributed by atoms with van der Waals surface area (Å²) in [6.07, 6.45) is -0.257. The van der Waals surface area contributed by atoms with Gasteiger partial charge in [-0.3, -0.25) is 4.79 Å². The third kappa shape index (κ3) is 1.62. The van der Waals surface area contributed by atoms with E-state index >= 15 is 0 Å². The summed E-state index contributed by atoms with van der Waals surface area (Å²) in [7, 11) is 0. The molecular weight excluding hydrogens is 206 g/mol. The maximum Gasteiger partial charge on any atom is 0.312 e. The van der Waals surface area contributed by atoms with Crippen LogP contribution in [0.3, 0.4) is 0 Å². The molecule has 5 heteroatoms. The van der Waals surface area contributed by atoms with Gasteiger partial charge in [0.25, 0.3) is 5.92 Å². The molecule has 1 aliphatic heterocycles. The smallest absolute Gasteiger partial charge is 0.312 e. The number of carboxylic acid groups (broad SMARTS) is 1. The summed E-state index contributed by atoms with van der Waals surface area (Å²) in [5.41, 5.74) is -1.09. The average molecular weight is 220 g/mol. The van der Waals surface area contributed by atoms with Crippen LogP contribution >= 0.6 is 0 Å². The molecule has 0 amide bonds. The van der Waals surface area contributed by atoms with Crippen molar-refractivity contribution in [2.24, 2.45) is 11.3 Å². The molecule has 1 N–H and O–H groups in total. The van der Waals surface area contributed by atoms with Crippen LogP contribution in [0, 0.1) is 11.3 Å². The first-order valence-electron chi connectivity index (χ1n) is 5.11. The molecule has 1 heterocycles. The van der Waals surface area contributed by atoms with Crippen LogP contribution in [0.25, 0.3) is 0 Å². The minimum absolute atomic E-state index is 0.0382. The van der Waals surface area contributed by atoms with Crippen molar-refractivity contribution < 1.29 is 23.4 Å². The Morgan fingerprint density at radius 3 is 2.53 bits per heavy atom. The van der Waals surface area contributed by atoms with E-state index in [1.165, 1.54) is 0 Å². The van der Waals surface area contributed by atoms with Crippen LogP contribution < -0.4 is 0 Å². The van der Waals surface area contributed by atoms with E-state index in [2.05, 4.69) is 0 Å². The Kier molecular flexibility index (Phi) is 2.26. The van der Waals surface area contributed by atoms with Crippen molar-refractivity contribution >= 4 is 5.97 Å². The fourth-order valence-corrected chi connectivity index (χ4v) is 2.35. The maximum atomic E-state index is 12.8. The third-order valence-electron chi connectivity index (χ3n) is 3.69. The van der Waals surface area contributed by atoms with Gasteiger partial charge in [0.15, 0.2) is 0 Å². The number of carbonyl (C=O) groups is 1. The first-order chi connectivity index (χ1) is 6.88. The van der Waals surface area contributed by atoms with Gasteiger partial charge in [-0.05, 0) is 19.8 Å². The Hall–Kier alpha value is -0.710. The number of carboxylic acids is 1. The number of ether oxygens (including phenoxy) is 1. The molecule has 0 spiro atoms. The Morgan fingerprint density at radius 1 is 1.60 bits per heavy atom. The minimum Gasteiger partial charge on any atom is -0.481 e. The van der Waals surface area contributed by atoms with Crippen LogP contribution in [0.2, 0.25) is 0 Å². The van der Waals surface area contributed by atoms with Crippen molar-refractivity contribution in [2.45, 2.75) is 38.2 Å². The third-order valence-corrected chi connectivity index (χ3v) is 3.69. The van der Waals surface area contributed by atoms with Crippen LogP contribution in [0.5, 0.6) is 0 Å². The quantitative estimate of drug-likeness (QED) is 0.790. The second-order valence-electron chi connectivity index (χ2n) is 4.59. The lowest BCUT2D eigenvalue weighted by molar-refractivity contribution is -0.153. The average Bonchev–Trinajstić information content (AvgIpc) is 2.54. The molecule has 0 bridgehead atoms. The summed E-state index contributed by atoms with van der Waals surface area (Å²) in [6, 6.07) is 0. The molecule has 1 saturated heterocycles. The molecular formula is C10H14F2O3. The molecule has 2 rings (SSSR count). The van der Waals surface area contributed by atoms with E-state index in [9.17, 15) is 13.6 Å². The highest BCUT2D eigenvalue weighted by Crippen LogP contribution is 2.56. The van der Waals surface area contributed by atoms with Crippen LogP contribution in [0.1, 0.15) is 26.2 Å². The van der Waals surface area contributed by atoms with E-state index in [1.807, 2.05) is 0 Å². The molecule has 3 atom stereocenters. The van der Waals surface area contributed by atoms with E-state index in [-0.39, 0.29) is 12.8 Å². The predicted octanol–water partition coefficient (Wildman–Crippen LogP) is 1.91. The number of aliphatic carboxylic acids is 1. The molecule has 2 aliphatic rings. The maximum absolute atomic E-state index is 12.8. The molecule has 0 aromatic heterocycles. The van der Waals surface area contributed by atoms with E-state index in [1.54, 1.807) is 6.92 Å². The normalized spacial score (nSPS) is 42.9. The zero-order chi connectivity index (χ0) is 11.3. The molecule has 3 nitrogen and oxygen atoms in total. The molecule has 3 unspecified atom stereocenters. The summed E-state index contributed by atoms with van der Waals surface area (Å²) >= 11 is 0. The Morgan fingerprint density at radius 2 is 2.20 bits per heavy atom. The predicted molar refractivity (Wildman–Crippen MR) is 47.8 cm³/mol. The zero-order valence-electron chi connectivity index (χ0n) is 8.50. The Labute approximate surface area is 86.4 Å². The molecule has 0 aromatic rings. The van der Waals surface area contributed by atoms with Crippen molar-refractivity contribution in [3.8, 4) is 0 Å². The van der Waals surface area contributed by atoms with Gasteiger partial charge in [0.05, 0.1) is 11.5 Å². The Balaban J connectivity index is 2.11. The van der Waals surface area contributed by atoms with Gasteiger partial charge in [-0.25, -0.2) is 8.78 Å². The summed E-state index contributed by atoms with van der Waals surface area (Å²) in [6.45, 7) is 2.01. The second-order valence-corrected chi connectivity index (χ2v) is 4.59. The number of rotatable bonds is 3. The minimum atomic E-state index is -2.65. The van der Waals surface area contributed by atoms with Crippen LogP contribution in [-0.2, 0) is 9.53 Å². The fraction of sp³-hybridized carbons (Fsp3) is 0.900. The van der Waals surface area contributed by atoms with Gasteiger partial charge >= 0.3 is 5.97 Å². The summed E-state index contributed by atoms with van der Waals surface area (Å²) in [5.74, 6) is -4.42. The summed E-state index contributed by atoms with van der Waals surface area (Å²) < 4.78 is 30.8. The zero-order valence-corrected chi connectivity index (χ0v) is 8.50. The largest absolute Gasteiger partial charge is 0.481 e. The SMILES string of the molecule is CC1OCCC1(CC1CC1(F)F)C(=O)O. The van der Waals surface area contributed by atoms with E-state index < -0.39 is 29.3 Å². The van der Waals surface area contributed by atoms with Crippen LogP contribution in [-0.4, -0.2) is 29.7 Å². The van der Waals surface area contributed by atoms with Gasteiger partial charge in [-0.15, -0.1) is 0 Å². The van der Waals surface area contributed by atoms with Crippen molar-refractivity contribution in [2.75, 3.05) is 6.61 Å². The fourth-order valence-electron chi connectivity index (χ4n) is 2.35. The summed E-state index contributed by atoms with van der Waals surface area (Å²) in [4.78, 5) is 11.2. The molecule has 15 heavy (non-hydrogen) atoms. The standard InChI is InChI=1S/C10H14F2O3/c1-6-9(8(13)14,2-3-15-6)4-7-5-10(7,11)12/h6-7H,2-5H2,1H3,(H,13,14). The molecule has 0 radical (unpaired) electrons. The molecule has 1 saturated carbocycles. The lowest BCUT2D eigenvalue weighted by atomic mass is 9.77. The highest BCUT2D eigenvalue weighted by Gasteiger charge is 2.62. The first-order valence-corrected chi connectivity index (χ1v) is 5.11. The molecule has 2 fully saturated rings. The van der Waals surface area contributed by atoms with Gasteiger partial charge in [0.1, 0.15) is 0 Å². The van der Waals surface area contributed by atoms with Crippen molar-refractivity contribution in [1.29, 1.82) is 0 Å². The number of alkyl halides is 2. The number of hydrogen-bond acceptors (Lipinski definition) is 2. The highest BCUT2D eigenvalue weighted by atomic mass is 19.3. The van der Waals surface area contributed by atoms with Gasteiger partial charge in [0.2, 0.25) is 0 Å². The lowest BCUT2D eigenvalue weighted by Gasteiger charge is -2.27. The van der Waals surface area contributed by atoms with Crippen molar-refractivity contribution in [1.82, 2.24) is 0 Å². The number of hydrogen-bond donors (Lipinski definition) is 1. The van der Waals surface area contributed by atoms with E-state index in [0.717, 1.165) is 0 Å².